The smallest absolute Gasteiger partial charge is 0.333 e. The number of esters is 1. The molecule has 0 aromatic rings. The Morgan fingerprint density at radius 2 is 1.69 bits per heavy atom. The van der Waals surface area contributed by atoms with Crippen molar-refractivity contribution < 1.29 is 19.1 Å². The Morgan fingerprint density at radius 3 is 2.06 bits per heavy atom. The molecule has 1 fully saturated rings. The highest BCUT2D eigenvalue weighted by Gasteiger charge is 2.32. The molecule has 0 spiro atoms. The van der Waals surface area contributed by atoms with Gasteiger partial charge >= 0.3 is 5.97 Å². The Kier molecular flexibility index (Phi) is 17.8. The first-order valence-corrected chi connectivity index (χ1v) is 11.8. The molecular formula is C25H49N3O4. The molecule has 0 radical (unpaired) electrons. The molecule has 1 atom stereocenters. The third-order valence-electron chi connectivity index (χ3n) is 5.00. The number of nitrogens with zero attached hydrogens (tertiary/aromatic N) is 2. The van der Waals surface area contributed by atoms with Gasteiger partial charge in [-0.05, 0) is 58.2 Å². The number of likely N-dealkylation sites (tertiary alicyclic amines) is 1. The zero-order valence-corrected chi connectivity index (χ0v) is 22.3. The summed E-state index contributed by atoms with van der Waals surface area (Å²) in [7, 11) is 3.83. The topological polar surface area (TPSA) is 79.0 Å². The van der Waals surface area contributed by atoms with Crippen molar-refractivity contribution in [2.45, 2.75) is 80.7 Å². The van der Waals surface area contributed by atoms with Crippen LogP contribution in [0.15, 0.2) is 11.6 Å². The SMILES string of the molecule is CC1CCN(C)CC1.CCC.CCOC(=O)/C(C)=C/CN(C)C(=O)C(NC=O)C(C)(C)C. The number of likely N-dealkylation sites (N-methyl/N-ethyl adjacent to an activating group) is 1. The maximum Gasteiger partial charge on any atom is 0.333 e. The highest BCUT2D eigenvalue weighted by Crippen LogP contribution is 2.20. The lowest BCUT2D eigenvalue weighted by molar-refractivity contribution is -0.138. The second-order valence-electron chi connectivity index (χ2n) is 9.60. The van der Waals surface area contributed by atoms with E-state index in [1.807, 2.05) is 20.8 Å². The van der Waals surface area contributed by atoms with Crippen LogP contribution in [0.2, 0.25) is 0 Å². The van der Waals surface area contributed by atoms with Crippen LogP contribution in [0.25, 0.3) is 0 Å². The molecule has 1 saturated heterocycles. The maximum absolute atomic E-state index is 12.3. The fraction of sp³-hybridized carbons (Fsp3) is 0.800. The summed E-state index contributed by atoms with van der Waals surface area (Å²) in [4.78, 5) is 38.3. The van der Waals surface area contributed by atoms with Gasteiger partial charge in [0.15, 0.2) is 0 Å². The number of carbonyl (C=O) groups is 3. The third-order valence-corrected chi connectivity index (χ3v) is 5.00. The fourth-order valence-electron chi connectivity index (χ4n) is 2.81. The van der Waals surface area contributed by atoms with Crippen molar-refractivity contribution >= 4 is 18.3 Å². The van der Waals surface area contributed by atoms with Gasteiger partial charge in [-0.25, -0.2) is 4.79 Å². The number of carbonyl (C=O) groups excluding carboxylic acids is 3. The minimum absolute atomic E-state index is 0.206. The van der Waals surface area contributed by atoms with Crippen LogP contribution in [0.3, 0.4) is 0 Å². The number of rotatable bonds is 7. The Balaban J connectivity index is 0. The van der Waals surface area contributed by atoms with E-state index in [1.54, 1.807) is 27.0 Å². The standard InChI is InChI=1S/C15H26N2O4.C7H15N.C3H8/c1-7-21-14(20)11(2)8-9-17(6)13(19)12(16-10-18)15(3,4)5;1-7-3-5-8(2)6-4-7;1-3-2/h8,10,12H,7,9H2,1-6H3,(H,16,18);7H,3-6H2,1-2H3;3H2,1-2H3/b11-8+;;. The molecule has 188 valence electrons. The van der Waals surface area contributed by atoms with Crippen molar-refractivity contribution in [3.05, 3.63) is 11.6 Å². The Bertz CT molecular complexity index is 552. The van der Waals surface area contributed by atoms with Gasteiger partial charge in [0.25, 0.3) is 0 Å². The zero-order chi connectivity index (χ0) is 25.3. The second kappa shape index (κ2) is 17.6. The van der Waals surface area contributed by atoms with E-state index in [-0.39, 0.29) is 12.5 Å². The van der Waals surface area contributed by atoms with Gasteiger partial charge in [-0.1, -0.05) is 54.0 Å². The van der Waals surface area contributed by atoms with E-state index in [1.165, 1.54) is 37.3 Å². The van der Waals surface area contributed by atoms with Crippen LogP contribution in [0.5, 0.6) is 0 Å². The predicted octanol–water partition coefficient (Wildman–Crippen LogP) is 3.88. The molecule has 1 aliphatic rings. The highest BCUT2D eigenvalue weighted by molar-refractivity contribution is 5.88. The average molecular weight is 456 g/mol. The minimum atomic E-state index is -0.615. The number of ether oxygens (including phenoxy) is 1. The van der Waals surface area contributed by atoms with Crippen molar-refractivity contribution in [3.8, 4) is 0 Å². The summed E-state index contributed by atoms with van der Waals surface area (Å²) in [5, 5.41) is 2.55. The lowest BCUT2D eigenvalue weighted by Gasteiger charge is -2.32. The molecule has 0 aromatic carbocycles. The summed E-state index contributed by atoms with van der Waals surface area (Å²) < 4.78 is 4.87. The summed E-state index contributed by atoms with van der Waals surface area (Å²) in [6.07, 6.45) is 6.21. The third kappa shape index (κ3) is 15.0. The zero-order valence-electron chi connectivity index (χ0n) is 22.3. The van der Waals surface area contributed by atoms with Crippen molar-refractivity contribution in [2.24, 2.45) is 11.3 Å². The van der Waals surface area contributed by atoms with Crippen LogP contribution in [0.4, 0.5) is 0 Å². The molecule has 1 unspecified atom stereocenters. The minimum Gasteiger partial charge on any atom is -0.463 e. The predicted molar refractivity (Wildman–Crippen MR) is 132 cm³/mol. The Hall–Kier alpha value is -1.89. The number of piperidine rings is 1. The van der Waals surface area contributed by atoms with E-state index in [0.717, 1.165) is 5.92 Å². The molecule has 1 N–H and O–H groups in total. The van der Waals surface area contributed by atoms with E-state index in [9.17, 15) is 14.4 Å². The van der Waals surface area contributed by atoms with Gasteiger partial charge in [0.2, 0.25) is 12.3 Å². The molecular weight excluding hydrogens is 406 g/mol. The van der Waals surface area contributed by atoms with E-state index in [2.05, 4.69) is 38.0 Å². The van der Waals surface area contributed by atoms with Crippen LogP contribution in [-0.4, -0.2) is 74.5 Å². The molecule has 1 rings (SSSR count). The summed E-state index contributed by atoms with van der Waals surface area (Å²) >= 11 is 0. The first-order valence-electron chi connectivity index (χ1n) is 11.8. The van der Waals surface area contributed by atoms with E-state index in [0.29, 0.717) is 18.6 Å². The van der Waals surface area contributed by atoms with Crippen molar-refractivity contribution in [2.75, 3.05) is 40.3 Å². The molecule has 0 saturated carbocycles. The van der Waals surface area contributed by atoms with Crippen LogP contribution in [-0.2, 0) is 19.1 Å². The van der Waals surface area contributed by atoms with E-state index >= 15 is 0 Å². The molecule has 32 heavy (non-hydrogen) atoms. The lowest BCUT2D eigenvalue weighted by Crippen LogP contribution is -2.51. The van der Waals surface area contributed by atoms with Crippen LogP contribution in [0, 0.1) is 11.3 Å². The number of hydrogen-bond donors (Lipinski definition) is 1. The van der Waals surface area contributed by atoms with Crippen LogP contribution < -0.4 is 5.32 Å². The van der Waals surface area contributed by atoms with Gasteiger partial charge in [0.05, 0.1) is 6.61 Å². The maximum atomic E-state index is 12.3. The lowest BCUT2D eigenvalue weighted by atomic mass is 9.86. The molecule has 0 bridgehead atoms. The molecule has 7 nitrogen and oxygen atoms in total. The molecule has 2 amide bonds. The van der Waals surface area contributed by atoms with Gasteiger partial charge in [-0.15, -0.1) is 0 Å². The van der Waals surface area contributed by atoms with Crippen molar-refractivity contribution in [1.29, 1.82) is 0 Å². The van der Waals surface area contributed by atoms with Gasteiger partial charge in [0, 0.05) is 19.2 Å². The number of nitrogens with one attached hydrogen (secondary N) is 1. The molecule has 1 aliphatic heterocycles. The first kappa shape index (κ1) is 32.3. The van der Waals surface area contributed by atoms with Crippen molar-refractivity contribution in [1.82, 2.24) is 15.1 Å². The highest BCUT2D eigenvalue weighted by atomic mass is 16.5. The molecule has 7 heteroatoms. The van der Waals surface area contributed by atoms with Crippen molar-refractivity contribution in [3.63, 3.8) is 0 Å². The molecule has 0 aliphatic carbocycles. The quantitative estimate of drug-likeness (QED) is 0.358. The van der Waals surface area contributed by atoms with Gasteiger partial charge < -0.3 is 19.9 Å². The molecule has 0 aromatic heterocycles. The van der Waals surface area contributed by atoms with Crippen LogP contribution >= 0.6 is 0 Å². The fourth-order valence-corrected chi connectivity index (χ4v) is 2.81. The normalized spacial score (nSPS) is 15.9. The molecule has 1 heterocycles. The average Bonchev–Trinajstić information content (AvgIpc) is 2.72. The largest absolute Gasteiger partial charge is 0.463 e. The van der Waals surface area contributed by atoms with E-state index < -0.39 is 17.4 Å². The van der Waals surface area contributed by atoms with Gasteiger partial charge in [-0.2, -0.15) is 0 Å². The number of hydrogen-bond acceptors (Lipinski definition) is 5. The van der Waals surface area contributed by atoms with E-state index in [4.69, 9.17) is 4.74 Å². The second-order valence-corrected chi connectivity index (χ2v) is 9.60. The summed E-state index contributed by atoms with van der Waals surface area (Å²) in [6, 6.07) is -0.615. The summed E-state index contributed by atoms with van der Waals surface area (Å²) in [5.41, 5.74) is 0.0544. The van der Waals surface area contributed by atoms with Gasteiger partial charge in [0.1, 0.15) is 6.04 Å². The number of amides is 2. The monoisotopic (exact) mass is 455 g/mol. The van der Waals surface area contributed by atoms with Gasteiger partial charge in [-0.3, -0.25) is 9.59 Å². The summed E-state index contributed by atoms with van der Waals surface area (Å²) in [5.74, 6) is 0.380. The van der Waals surface area contributed by atoms with Crippen LogP contribution in [0.1, 0.15) is 74.7 Å². The Morgan fingerprint density at radius 1 is 1.19 bits per heavy atom. The first-order chi connectivity index (χ1) is 14.8. The summed E-state index contributed by atoms with van der Waals surface area (Å²) in [6.45, 7) is 18.8. The Labute approximate surface area is 196 Å².